The van der Waals surface area contributed by atoms with Gasteiger partial charge in [-0.05, 0) is 51.9 Å². The molecule has 0 aliphatic rings. The molecule has 0 aromatic heterocycles. The Morgan fingerprint density at radius 1 is 0.348 bits per heavy atom. The Bertz CT molecular complexity index is 174. The second-order valence-corrected chi connectivity index (χ2v) is 7.10. The summed E-state index contributed by atoms with van der Waals surface area (Å²) in [6.45, 7) is 9.45. The molecule has 0 saturated carbocycles. The Morgan fingerprint density at radius 2 is 0.609 bits per heavy atom. The Hall–Kier alpha value is -0.0800. The third-order valence-corrected chi connectivity index (χ3v) is 4.62. The van der Waals surface area contributed by atoms with Gasteiger partial charge in [-0.15, -0.1) is 0 Å². The van der Waals surface area contributed by atoms with Gasteiger partial charge in [0, 0.05) is 0 Å². The van der Waals surface area contributed by atoms with Gasteiger partial charge in [-0.2, -0.15) is 0 Å². The van der Waals surface area contributed by atoms with E-state index in [9.17, 15) is 0 Å². The van der Waals surface area contributed by atoms with Crippen LogP contribution in [-0.4, -0.2) is 26.2 Å². The van der Waals surface area contributed by atoms with Crippen LogP contribution in [0.2, 0.25) is 0 Å². The monoisotopic (exact) mass is 326 g/mol. The normalized spacial score (nSPS) is 11.2. The van der Waals surface area contributed by atoms with Gasteiger partial charge in [-0.3, -0.25) is 0 Å². The highest BCUT2D eigenvalue weighted by atomic mass is 14.8. The van der Waals surface area contributed by atoms with E-state index in [0.717, 1.165) is 0 Å². The Balaban J connectivity index is 2.92. The van der Waals surface area contributed by atoms with E-state index in [1.54, 1.807) is 0 Å². The van der Waals surface area contributed by atoms with Gasteiger partial charge >= 0.3 is 0 Å². The van der Waals surface area contributed by atoms with E-state index in [1.165, 1.54) is 122 Å². The minimum Gasteiger partial charge on any atom is -0.317 e. The average Bonchev–Trinajstić information content (AvgIpc) is 2.57. The van der Waals surface area contributed by atoms with E-state index in [1.807, 2.05) is 0 Å². The summed E-state index contributed by atoms with van der Waals surface area (Å²) < 4.78 is 0. The third kappa shape index (κ3) is 21.9. The van der Waals surface area contributed by atoms with Gasteiger partial charge in [-0.1, -0.05) is 84.5 Å². The molecule has 0 rings (SSSR count). The zero-order chi connectivity index (χ0) is 16.8. The lowest BCUT2D eigenvalue weighted by molar-refractivity contribution is 0.534. The molecule has 2 N–H and O–H groups in total. The van der Waals surface area contributed by atoms with E-state index < -0.39 is 0 Å². The summed E-state index contributed by atoms with van der Waals surface area (Å²) >= 11 is 0. The highest BCUT2D eigenvalue weighted by molar-refractivity contribution is 4.54. The summed E-state index contributed by atoms with van der Waals surface area (Å²) in [5.74, 6) is 0. The molecular formula is C21H46N2. The maximum Gasteiger partial charge on any atom is -0.00489 e. The van der Waals surface area contributed by atoms with Gasteiger partial charge in [0.15, 0.2) is 0 Å². The van der Waals surface area contributed by atoms with Gasteiger partial charge in [0.05, 0.1) is 0 Å². The predicted octanol–water partition coefficient (Wildman–Crippen LogP) is 6.06. The van der Waals surface area contributed by atoms with Crippen molar-refractivity contribution < 1.29 is 0 Å². The number of rotatable bonds is 20. The van der Waals surface area contributed by atoms with Crippen LogP contribution in [0, 0.1) is 0 Å². The standard InChI is InChI=1S/C21H46N2/c1-3-5-7-9-11-14-18-22-20-16-13-17-21-23-19-15-12-10-8-6-4-2/h22-23H,3-21H2,1-2H3. The molecule has 0 atom stereocenters. The summed E-state index contributed by atoms with van der Waals surface area (Å²) in [5.41, 5.74) is 0. The number of hydrogen-bond donors (Lipinski definition) is 2. The first-order valence-corrected chi connectivity index (χ1v) is 10.8. The topological polar surface area (TPSA) is 24.1 Å². The first kappa shape index (κ1) is 22.9. The van der Waals surface area contributed by atoms with E-state index in [4.69, 9.17) is 0 Å². The summed E-state index contributed by atoms with van der Waals surface area (Å²) in [6.07, 6.45) is 20.9. The quantitative estimate of drug-likeness (QED) is 0.266. The Labute approximate surface area is 147 Å². The molecule has 0 fully saturated rings. The van der Waals surface area contributed by atoms with Gasteiger partial charge in [0.1, 0.15) is 0 Å². The first-order chi connectivity index (χ1) is 11.4. The van der Waals surface area contributed by atoms with E-state index in [2.05, 4.69) is 24.5 Å². The molecule has 0 radical (unpaired) electrons. The average molecular weight is 327 g/mol. The van der Waals surface area contributed by atoms with Crippen molar-refractivity contribution in [1.82, 2.24) is 10.6 Å². The molecule has 23 heavy (non-hydrogen) atoms. The highest BCUT2D eigenvalue weighted by Gasteiger charge is 1.93. The van der Waals surface area contributed by atoms with E-state index in [-0.39, 0.29) is 0 Å². The summed E-state index contributed by atoms with van der Waals surface area (Å²) in [4.78, 5) is 0. The van der Waals surface area contributed by atoms with Crippen LogP contribution in [0.15, 0.2) is 0 Å². The van der Waals surface area contributed by atoms with Crippen LogP contribution in [-0.2, 0) is 0 Å². The van der Waals surface area contributed by atoms with Crippen LogP contribution in [0.25, 0.3) is 0 Å². The molecule has 0 aliphatic carbocycles. The first-order valence-electron chi connectivity index (χ1n) is 10.8. The fourth-order valence-corrected chi connectivity index (χ4v) is 2.99. The molecule has 0 saturated heterocycles. The van der Waals surface area contributed by atoms with Gasteiger partial charge in [-0.25, -0.2) is 0 Å². The maximum absolute atomic E-state index is 3.59. The number of unbranched alkanes of at least 4 members (excludes halogenated alkanes) is 12. The van der Waals surface area contributed by atoms with Gasteiger partial charge in [0.25, 0.3) is 0 Å². The molecule has 0 heterocycles. The van der Waals surface area contributed by atoms with Crippen molar-refractivity contribution >= 4 is 0 Å². The molecule has 0 spiro atoms. The molecule has 0 aromatic carbocycles. The van der Waals surface area contributed by atoms with E-state index in [0.29, 0.717) is 0 Å². The minimum atomic E-state index is 1.21. The molecule has 2 heteroatoms. The second kappa shape index (κ2) is 21.9. The zero-order valence-corrected chi connectivity index (χ0v) is 16.4. The molecule has 0 aliphatic heterocycles. The maximum atomic E-state index is 3.59. The van der Waals surface area contributed by atoms with Crippen LogP contribution < -0.4 is 10.6 Å². The van der Waals surface area contributed by atoms with Crippen molar-refractivity contribution in [2.24, 2.45) is 0 Å². The largest absolute Gasteiger partial charge is 0.317 e. The van der Waals surface area contributed by atoms with E-state index >= 15 is 0 Å². The van der Waals surface area contributed by atoms with Crippen LogP contribution in [0.1, 0.15) is 110 Å². The lowest BCUT2D eigenvalue weighted by Gasteiger charge is -2.06. The molecular weight excluding hydrogens is 280 g/mol. The molecule has 0 unspecified atom stereocenters. The molecule has 2 nitrogen and oxygen atoms in total. The second-order valence-electron chi connectivity index (χ2n) is 7.10. The van der Waals surface area contributed by atoms with Crippen LogP contribution in [0.3, 0.4) is 0 Å². The predicted molar refractivity (Wildman–Crippen MR) is 106 cm³/mol. The van der Waals surface area contributed by atoms with Crippen LogP contribution in [0.5, 0.6) is 0 Å². The molecule has 140 valence electrons. The highest BCUT2D eigenvalue weighted by Crippen LogP contribution is 2.05. The minimum absolute atomic E-state index is 1.21. The fourth-order valence-electron chi connectivity index (χ4n) is 2.99. The smallest absolute Gasteiger partial charge is 0.00489 e. The zero-order valence-electron chi connectivity index (χ0n) is 16.4. The van der Waals surface area contributed by atoms with Gasteiger partial charge in [0.2, 0.25) is 0 Å². The third-order valence-electron chi connectivity index (χ3n) is 4.62. The van der Waals surface area contributed by atoms with Crippen molar-refractivity contribution in [1.29, 1.82) is 0 Å². The summed E-state index contributed by atoms with van der Waals surface area (Å²) in [5, 5.41) is 7.18. The fraction of sp³-hybridized carbons (Fsp3) is 1.00. The van der Waals surface area contributed by atoms with Crippen molar-refractivity contribution in [3.63, 3.8) is 0 Å². The molecule has 0 bridgehead atoms. The molecule has 0 amide bonds. The molecule has 0 aromatic rings. The Kier molecular flexibility index (Phi) is 21.8. The summed E-state index contributed by atoms with van der Waals surface area (Å²) in [7, 11) is 0. The SMILES string of the molecule is CCCCCCCCNCCCCCNCCCCCCCC. The lowest BCUT2D eigenvalue weighted by Crippen LogP contribution is -2.18. The Morgan fingerprint density at radius 3 is 0.957 bits per heavy atom. The van der Waals surface area contributed by atoms with Crippen molar-refractivity contribution in [3.05, 3.63) is 0 Å². The number of hydrogen-bond acceptors (Lipinski definition) is 2. The van der Waals surface area contributed by atoms with Crippen molar-refractivity contribution in [3.8, 4) is 0 Å². The number of nitrogens with one attached hydrogen (secondary N) is 2. The van der Waals surface area contributed by atoms with Crippen molar-refractivity contribution in [2.45, 2.75) is 110 Å². The van der Waals surface area contributed by atoms with Crippen LogP contribution in [0.4, 0.5) is 0 Å². The van der Waals surface area contributed by atoms with Crippen molar-refractivity contribution in [2.75, 3.05) is 26.2 Å². The van der Waals surface area contributed by atoms with Crippen LogP contribution >= 0.6 is 0 Å². The van der Waals surface area contributed by atoms with Gasteiger partial charge < -0.3 is 10.6 Å². The lowest BCUT2D eigenvalue weighted by atomic mass is 10.1. The summed E-state index contributed by atoms with van der Waals surface area (Å²) in [6, 6.07) is 0.